The van der Waals surface area contributed by atoms with Gasteiger partial charge < -0.3 is 4.90 Å². The highest BCUT2D eigenvalue weighted by atomic mass is 16.2. The summed E-state index contributed by atoms with van der Waals surface area (Å²) in [5.74, 6) is -0.248. The largest absolute Gasteiger partial charge is 0.315 e. The first-order chi connectivity index (χ1) is 14.8. The lowest BCUT2D eigenvalue weighted by atomic mass is 9.95. The van der Waals surface area contributed by atoms with Gasteiger partial charge in [0.1, 0.15) is 0 Å². The van der Waals surface area contributed by atoms with Crippen molar-refractivity contribution in [2.75, 3.05) is 11.9 Å². The van der Waals surface area contributed by atoms with Crippen LogP contribution in [0.5, 0.6) is 0 Å². The molecule has 1 amide bonds. The van der Waals surface area contributed by atoms with Gasteiger partial charge in [-0.3, -0.25) is 24.5 Å². The van der Waals surface area contributed by atoms with Crippen molar-refractivity contribution >= 4 is 17.4 Å². The van der Waals surface area contributed by atoms with Crippen molar-refractivity contribution in [1.29, 1.82) is 0 Å². The maximum Gasteiger partial charge on any atom is 0.229 e. The van der Waals surface area contributed by atoms with Gasteiger partial charge in [0.05, 0.1) is 11.4 Å². The Morgan fingerprint density at radius 3 is 2.39 bits per heavy atom. The first-order valence-electron chi connectivity index (χ1n) is 10.4. The topological polar surface area (TPSA) is 76.1 Å². The van der Waals surface area contributed by atoms with Crippen LogP contribution >= 0.6 is 0 Å². The fourth-order valence-electron chi connectivity index (χ4n) is 3.33. The van der Waals surface area contributed by atoms with E-state index in [0.29, 0.717) is 17.7 Å². The molecular formula is C25H28N4O2. The van der Waals surface area contributed by atoms with Crippen LogP contribution in [0.15, 0.2) is 55.1 Å². The SMILES string of the molecule is Cc1ccc(-c2cc(C(=O)CC(C)c3cnccn3)cc(N(C)C(=O)C(C)C)c2)nc1. The predicted molar refractivity (Wildman–Crippen MR) is 122 cm³/mol. The minimum Gasteiger partial charge on any atom is -0.315 e. The van der Waals surface area contributed by atoms with E-state index in [0.717, 1.165) is 22.5 Å². The molecule has 0 bridgehead atoms. The van der Waals surface area contributed by atoms with Crippen molar-refractivity contribution in [2.24, 2.45) is 5.92 Å². The number of carbonyl (C=O) groups excluding carboxylic acids is 2. The Morgan fingerprint density at radius 1 is 1.00 bits per heavy atom. The van der Waals surface area contributed by atoms with Gasteiger partial charge in [-0.05, 0) is 36.8 Å². The summed E-state index contributed by atoms with van der Waals surface area (Å²) < 4.78 is 0. The normalized spacial score (nSPS) is 11.9. The van der Waals surface area contributed by atoms with Gasteiger partial charge in [0.2, 0.25) is 5.91 Å². The van der Waals surface area contributed by atoms with Gasteiger partial charge in [0, 0.05) is 66.9 Å². The molecule has 0 fully saturated rings. The lowest BCUT2D eigenvalue weighted by Crippen LogP contribution is -2.30. The van der Waals surface area contributed by atoms with Gasteiger partial charge in [-0.15, -0.1) is 0 Å². The first-order valence-corrected chi connectivity index (χ1v) is 10.4. The van der Waals surface area contributed by atoms with Crippen LogP contribution in [0, 0.1) is 12.8 Å². The lowest BCUT2D eigenvalue weighted by Gasteiger charge is -2.21. The molecule has 1 unspecified atom stereocenters. The smallest absolute Gasteiger partial charge is 0.229 e. The van der Waals surface area contributed by atoms with E-state index < -0.39 is 0 Å². The van der Waals surface area contributed by atoms with Crippen LogP contribution < -0.4 is 4.90 Å². The zero-order valence-corrected chi connectivity index (χ0v) is 18.7. The average molecular weight is 417 g/mol. The van der Waals surface area contributed by atoms with Crippen molar-refractivity contribution in [3.8, 4) is 11.3 Å². The second kappa shape index (κ2) is 9.60. The standard InChI is InChI=1S/C25H28N4O2/c1-16(2)25(31)29(5)21-12-19(22-7-6-17(3)14-28-22)11-20(13-21)24(30)10-18(4)23-15-26-8-9-27-23/h6-9,11-16,18H,10H2,1-5H3. The van der Waals surface area contributed by atoms with Gasteiger partial charge in [-0.2, -0.15) is 0 Å². The van der Waals surface area contributed by atoms with Crippen LogP contribution in [-0.2, 0) is 4.79 Å². The van der Waals surface area contributed by atoms with Crippen LogP contribution in [0.25, 0.3) is 11.3 Å². The molecule has 6 nitrogen and oxygen atoms in total. The lowest BCUT2D eigenvalue weighted by molar-refractivity contribution is -0.121. The molecule has 0 saturated heterocycles. The summed E-state index contributed by atoms with van der Waals surface area (Å²) in [6.45, 7) is 7.66. The second-order valence-electron chi connectivity index (χ2n) is 8.20. The molecule has 31 heavy (non-hydrogen) atoms. The quantitative estimate of drug-likeness (QED) is 0.515. The van der Waals surface area contributed by atoms with E-state index in [1.165, 1.54) is 0 Å². The zero-order chi connectivity index (χ0) is 22.5. The molecule has 6 heteroatoms. The predicted octanol–water partition coefficient (Wildman–Crippen LogP) is 4.84. The van der Waals surface area contributed by atoms with Crippen LogP contribution in [0.4, 0.5) is 5.69 Å². The van der Waals surface area contributed by atoms with Gasteiger partial charge in [-0.1, -0.05) is 26.8 Å². The molecule has 3 aromatic rings. The highest BCUT2D eigenvalue weighted by Crippen LogP contribution is 2.28. The molecule has 160 valence electrons. The molecule has 0 N–H and O–H groups in total. The molecule has 0 radical (unpaired) electrons. The number of ketones is 1. The minimum atomic E-state index is -0.151. The second-order valence-corrected chi connectivity index (χ2v) is 8.20. The molecule has 0 aliphatic heterocycles. The van der Waals surface area contributed by atoms with E-state index in [4.69, 9.17) is 0 Å². The van der Waals surface area contributed by atoms with E-state index in [9.17, 15) is 9.59 Å². The molecule has 0 spiro atoms. The van der Waals surface area contributed by atoms with Crippen LogP contribution in [0.2, 0.25) is 0 Å². The van der Waals surface area contributed by atoms with E-state index in [2.05, 4.69) is 15.0 Å². The van der Waals surface area contributed by atoms with E-state index >= 15 is 0 Å². The van der Waals surface area contributed by atoms with Crippen LogP contribution in [0.3, 0.4) is 0 Å². The van der Waals surface area contributed by atoms with Gasteiger partial charge >= 0.3 is 0 Å². The molecule has 0 aliphatic rings. The van der Waals surface area contributed by atoms with E-state index in [1.807, 2.05) is 52.0 Å². The monoisotopic (exact) mass is 416 g/mol. The number of rotatable bonds is 7. The number of hydrogen-bond donors (Lipinski definition) is 0. The summed E-state index contributed by atoms with van der Waals surface area (Å²) in [7, 11) is 1.74. The number of amides is 1. The maximum absolute atomic E-state index is 13.2. The Hall–Kier alpha value is -3.41. The summed E-state index contributed by atoms with van der Waals surface area (Å²) in [6.07, 6.45) is 7.02. The Balaban J connectivity index is 1.98. The van der Waals surface area contributed by atoms with Crippen molar-refractivity contribution in [1.82, 2.24) is 15.0 Å². The Bertz CT molecular complexity index is 1060. The van der Waals surface area contributed by atoms with E-state index in [1.54, 1.807) is 42.8 Å². The number of Topliss-reactive ketones (excluding diaryl/α,β-unsaturated/α-hetero) is 1. The van der Waals surface area contributed by atoms with Gasteiger partial charge in [0.15, 0.2) is 5.78 Å². The Kier molecular flexibility index (Phi) is 6.90. The third kappa shape index (κ3) is 5.40. The third-order valence-electron chi connectivity index (χ3n) is 5.24. The molecule has 1 aromatic carbocycles. The average Bonchev–Trinajstić information content (AvgIpc) is 2.78. The van der Waals surface area contributed by atoms with Crippen molar-refractivity contribution in [3.05, 3.63) is 71.9 Å². The van der Waals surface area contributed by atoms with Crippen molar-refractivity contribution in [3.63, 3.8) is 0 Å². The van der Waals surface area contributed by atoms with Gasteiger partial charge in [0.25, 0.3) is 0 Å². The summed E-state index contributed by atoms with van der Waals surface area (Å²) >= 11 is 0. The third-order valence-corrected chi connectivity index (χ3v) is 5.24. The Labute approximate surface area is 183 Å². The summed E-state index contributed by atoms with van der Waals surface area (Å²) in [6, 6.07) is 9.44. The molecular weight excluding hydrogens is 388 g/mol. The molecule has 3 rings (SSSR count). The van der Waals surface area contributed by atoms with Crippen molar-refractivity contribution < 1.29 is 9.59 Å². The van der Waals surface area contributed by atoms with Gasteiger partial charge in [-0.25, -0.2) is 0 Å². The number of aromatic nitrogens is 3. The molecule has 2 aromatic heterocycles. The summed E-state index contributed by atoms with van der Waals surface area (Å²) in [4.78, 5) is 40.3. The molecule has 2 heterocycles. The molecule has 0 aliphatic carbocycles. The fourth-order valence-corrected chi connectivity index (χ4v) is 3.33. The van der Waals surface area contributed by atoms with E-state index in [-0.39, 0.29) is 23.5 Å². The number of aryl methyl sites for hydroxylation is 1. The maximum atomic E-state index is 13.2. The number of carbonyl (C=O) groups is 2. The summed E-state index contributed by atoms with van der Waals surface area (Å²) in [5, 5.41) is 0. The minimum absolute atomic E-state index is 0.0136. The highest BCUT2D eigenvalue weighted by molar-refractivity contribution is 6.01. The number of pyridine rings is 1. The van der Waals surface area contributed by atoms with Crippen molar-refractivity contribution in [2.45, 2.75) is 40.0 Å². The Morgan fingerprint density at radius 2 is 1.77 bits per heavy atom. The number of nitrogens with zero attached hydrogens (tertiary/aromatic N) is 4. The zero-order valence-electron chi connectivity index (χ0n) is 18.7. The number of benzene rings is 1. The number of anilines is 1. The molecule has 1 atom stereocenters. The highest BCUT2D eigenvalue weighted by Gasteiger charge is 2.20. The number of hydrogen-bond acceptors (Lipinski definition) is 5. The first kappa shape index (κ1) is 22.3. The van der Waals surface area contributed by atoms with Crippen LogP contribution in [-0.4, -0.2) is 33.7 Å². The summed E-state index contributed by atoms with van der Waals surface area (Å²) in [5.41, 5.74) is 4.62. The fraction of sp³-hybridized carbons (Fsp3) is 0.320. The molecule has 0 saturated carbocycles. The van der Waals surface area contributed by atoms with Crippen LogP contribution in [0.1, 0.15) is 54.7 Å².